The third kappa shape index (κ3) is 2.20. The van der Waals surface area contributed by atoms with Crippen molar-refractivity contribution in [2.45, 2.75) is 19.4 Å². The summed E-state index contributed by atoms with van der Waals surface area (Å²) in [6.45, 7) is 3.39. The molecule has 2 rings (SSSR count). The standard InChI is InChI=1S/C13H18O3/c1-9-3-4-11(12(7-9)15-2)13(14)10-5-6-16-8-10/h3-4,7,10,13-14H,5-6,8H2,1-2H3. The van der Waals surface area contributed by atoms with Gasteiger partial charge in [0, 0.05) is 18.1 Å². The van der Waals surface area contributed by atoms with E-state index in [1.807, 2.05) is 25.1 Å². The number of hydrogen-bond acceptors (Lipinski definition) is 3. The van der Waals surface area contributed by atoms with E-state index >= 15 is 0 Å². The number of methoxy groups -OCH3 is 1. The van der Waals surface area contributed by atoms with E-state index in [2.05, 4.69) is 0 Å². The van der Waals surface area contributed by atoms with Crippen LogP contribution in [0.2, 0.25) is 0 Å². The van der Waals surface area contributed by atoms with Crippen molar-refractivity contribution in [2.24, 2.45) is 5.92 Å². The molecule has 0 aliphatic carbocycles. The van der Waals surface area contributed by atoms with Gasteiger partial charge < -0.3 is 14.6 Å². The summed E-state index contributed by atoms with van der Waals surface area (Å²) in [5.41, 5.74) is 2.00. The molecule has 1 heterocycles. The predicted octanol–water partition coefficient (Wildman–Crippen LogP) is 2.07. The topological polar surface area (TPSA) is 38.7 Å². The molecule has 0 amide bonds. The maximum Gasteiger partial charge on any atom is 0.124 e. The zero-order valence-corrected chi connectivity index (χ0v) is 9.77. The molecule has 1 aliphatic heterocycles. The van der Waals surface area contributed by atoms with Gasteiger partial charge >= 0.3 is 0 Å². The van der Waals surface area contributed by atoms with Gasteiger partial charge in [-0.05, 0) is 25.0 Å². The maximum absolute atomic E-state index is 10.3. The largest absolute Gasteiger partial charge is 0.496 e. The molecule has 0 radical (unpaired) electrons. The maximum atomic E-state index is 10.3. The van der Waals surface area contributed by atoms with E-state index in [0.29, 0.717) is 6.61 Å². The van der Waals surface area contributed by atoms with Gasteiger partial charge in [0.05, 0.1) is 19.8 Å². The van der Waals surface area contributed by atoms with E-state index in [4.69, 9.17) is 9.47 Å². The molecular weight excluding hydrogens is 204 g/mol. The van der Waals surface area contributed by atoms with Gasteiger partial charge in [-0.15, -0.1) is 0 Å². The highest BCUT2D eigenvalue weighted by Gasteiger charge is 2.27. The van der Waals surface area contributed by atoms with Crippen molar-refractivity contribution in [1.29, 1.82) is 0 Å². The fraction of sp³-hybridized carbons (Fsp3) is 0.538. The molecule has 1 aromatic carbocycles. The van der Waals surface area contributed by atoms with E-state index < -0.39 is 6.10 Å². The van der Waals surface area contributed by atoms with Crippen molar-refractivity contribution in [3.05, 3.63) is 29.3 Å². The summed E-state index contributed by atoms with van der Waals surface area (Å²) in [6, 6.07) is 5.89. The highest BCUT2D eigenvalue weighted by molar-refractivity contribution is 5.38. The van der Waals surface area contributed by atoms with Crippen LogP contribution in [0.15, 0.2) is 18.2 Å². The first-order chi connectivity index (χ1) is 7.72. The second-order valence-electron chi connectivity index (χ2n) is 4.31. The Morgan fingerprint density at radius 2 is 2.31 bits per heavy atom. The summed E-state index contributed by atoms with van der Waals surface area (Å²) in [7, 11) is 1.64. The van der Waals surface area contributed by atoms with Crippen LogP contribution in [0, 0.1) is 12.8 Å². The first kappa shape index (κ1) is 11.4. The Hall–Kier alpha value is -1.06. The molecule has 0 bridgehead atoms. The number of rotatable bonds is 3. The molecule has 1 aromatic rings. The quantitative estimate of drug-likeness (QED) is 0.851. The van der Waals surface area contributed by atoms with Crippen LogP contribution in [0.25, 0.3) is 0 Å². The van der Waals surface area contributed by atoms with E-state index in [1.54, 1.807) is 7.11 Å². The number of aliphatic hydroxyl groups is 1. The zero-order chi connectivity index (χ0) is 11.5. The van der Waals surface area contributed by atoms with E-state index in [-0.39, 0.29) is 5.92 Å². The monoisotopic (exact) mass is 222 g/mol. The Balaban J connectivity index is 2.24. The lowest BCUT2D eigenvalue weighted by Crippen LogP contribution is -2.13. The average Bonchev–Trinajstić information content (AvgIpc) is 2.81. The van der Waals surface area contributed by atoms with Crippen LogP contribution < -0.4 is 4.74 Å². The van der Waals surface area contributed by atoms with Crippen molar-refractivity contribution in [3.63, 3.8) is 0 Å². The molecule has 0 saturated carbocycles. The van der Waals surface area contributed by atoms with Crippen LogP contribution in [-0.2, 0) is 4.74 Å². The molecule has 3 heteroatoms. The molecule has 2 unspecified atom stereocenters. The van der Waals surface area contributed by atoms with E-state index in [1.165, 1.54) is 0 Å². The molecule has 1 aliphatic rings. The van der Waals surface area contributed by atoms with Crippen molar-refractivity contribution in [3.8, 4) is 5.75 Å². The predicted molar refractivity (Wildman–Crippen MR) is 61.6 cm³/mol. The van der Waals surface area contributed by atoms with Crippen molar-refractivity contribution >= 4 is 0 Å². The molecule has 1 N–H and O–H groups in total. The van der Waals surface area contributed by atoms with Crippen LogP contribution in [0.3, 0.4) is 0 Å². The summed E-state index contributed by atoms with van der Waals surface area (Å²) < 4.78 is 10.6. The first-order valence-electron chi connectivity index (χ1n) is 5.62. The molecule has 1 fully saturated rings. The Bertz CT molecular complexity index is 356. The molecule has 0 aromatic heterocycles. The minimum Gasteiger partial charge on any atom is -0.496 e. The van der Waals surface area contributed by atoms with E-state index in [9.17, 15) is 5.11 Å². The fourth-order valence-corrected chi connectivity index (χ4v) is 2.12. The molecule has 3 nitrogen and oxygen atoms in total. The van der Waals surface area contributed by atoms with Crippen LogP contribution in [0.1, 0.15) is 23.7 Å². The van der Waals surface area contributed by atoms with Gasteiger partial charge in [0.15, 0.2) is 0 Å². The molecule has 16 heavy (non-hydrogen) atoms. The van der Waals surface area contributed by atoms with Gasteiger partial charge in [0.2, 0.25) is 0 Å². The fourth-order valence-electron chi connectivity index (χ4n) is 2.12. The average molecular weight is 222 g/mol. The highest BCUT2D eigenvalue weighted by atomic mass is 16.5. The first-order valence-corrected chi connectivity index (χ1v) is 5.62. The SMILES string of the molecule is COc1cc(C)ccc1C(O)C1CCOC1. The van der Waals surface area contributed by atoms with Crippen molar-refractivity contribution < 1.29 is 14.6 Å². The Labute approximate surface area is 96.0 Å². The zero-order valence-electron chi connectivity index (χ0n) is 9.77. The molecular formula is C13H18O3. The van der Waals surface area contributed by atoms with Crippen LogP contribution in [0.5, 0.6) is 5.75 Å². The smallest absolute Gasteiger partial charge is 0.124 e. The molecule has 0 spiro atoms. The lowest BCUT2D eigenvalue weighted by Gasteiger charge is -2.19. The van der Waals surface area contributed by atoms with Crippen LogP contribution >= 0.6 is 0 Å². The minimum atomic E-state index is -0.488. The summed E-state index contributed by atoms with van der Waals surface area (Å²) in [5, 5.41) is 10.3. The molecule has 2 atom stereocenters. The normalized spacial score (nSPS) is 22.1. The number of hydrogen-bond donors (Lipinski definition) is 1. The minimum absolute atomic E-state index is 0.191. The molecule has 1 saturated heterocycles. The number of ether oxygens (including phenoxy) is 2. The van der Waals surface area contributed by atoms with Crippen LogP contribution in [-0.4, -0.2) is 25.4 Å². The van der Waals surface area contributed by atoms with Gasteiger partial charge in [-0.1, -0.05) is 12.1 Å². The van der Waals surface area contributed by atoms with Crippen molar-refractivity contribution in [2.75, 3.05) is 20.3 Å². The van der Waals surface area contributed by atoms with Crippen molar-refractivity contribution in [1.82, 2.24) is 0 Å². The van der Waals surface area contributed by atoms with Gasteiger partial charge in [0.25, 0.3) is 0 Å². The number of aryl methyl sites for hydroxylation is 1. The Kier molecular flexibility index (Phi) is 3.46. The van der Waals surface area contributed by atoms with Gasteiger partial charge in [-0.2, -0.15) is 0 Å². The van der Waals surface area contributed by atoms with Gasteiger partial charge in [-0.3, -0.25) is 0 Å². The summed E-state index contributed by atoms with van der Waals surface area (Å²) in [4.78, 5) is 0. The van der Waals surface area contributed by atoms with Gasteiger partial charge in [0.1, 0.15) is 5.75 Å². The number of benzene rings is 1. The third-order valence-corrected chi connectivity index (χ3v) is 3.12. The lowest BCUT2D eigenvalue weighted by molar-refractivity contribution is 0.0896. The van der Waals surface area contributed by atoms with Gasteiger partial charge in [-0.25, -0.2) is 0 Å². The molecule has 88 valence electrons. The lowest BCUT2D eigenvalue weighted by atomic mass is 9.94. The Morgan fingerprint density at radius 1 is 1.50 bits per heavy atom. The third-order valence-electron chi connectivity index (χ3n) is 3.12. The second kappa shape index (κ2) is 4.85. The van der Waals surface area contributed by atoms with E-state index in [0.717, 1.165) is 29.9 Å². The summed E-state index contributed by atoms with van der Waals surface area (Å²) in [6.07, 6.45) is 0.427. The summed E-state index contributed by atoms with van der Waals surface area (Å²) >= 11 is 0. The summed E-state index contributed by atoms with van der Waals surface area (Å²) in [5.74, 6) is 0.955. The van der Waals surface area contributed by atoms with Crippen LogP contribution in [0.4, 0.5) is 0 Å². The Morgan fingerprint density at radius 3 is 2.94 bits per heavy atom. The highest BCUT2D eigenvalue weighted by Crippen LogP contribution is 2.34. The number of aliphatic hydroxyl groups excluding tert-OH is 1. The second-order valence-corrected chi connectivity index (χ2v) is 4.31.